The van der Waals surface area contributed by atoms with Gasteiger partial charge in [0.25, 0.3) is 0 Å². The SMILES string of the molecule is CC(C)(C)C1CNC2(CCCOCC2)OC1. The molecule has 3 nitrogen and oxygen atoms in total. The molecule has 0 aromatic carbocycles. The first-order valence-corrected chi connectivity index (χ1v) is 6.49. The summed E-state index contributed by atoms with van der Waals surface area (Å²) in [5.41, 5.74) is 0.244. The third kappa shape index (κ3) is 2.76. The molecule has 2 heterocycles. The number of hydrogen-bond donors (Lipinski definition) is 1. The zero-order valence-corrected chi connectivity index (χ0v) is 10.8. The Morgan fingerprint density at radius 1 is 1.19 bits per heavy atom. The Bertz CT molecular complexity index is 217. The fourth-order valence-electron chi connectivity index (χ4n) is 2.48. The summed E-state index contributed by atoms with van der Waals surface area (Å²) in [7, 11) is 0. The van der Waals surface area contributed by atoms with Crippen LogP contribution in [0.1, 0.15) is 40.0 Å². The van der Waals surface area contributed by atoms with Crippen molar-refractivity contribution >= 4 is 0 Å². The van der Waals surface area contributed by atoms with Crippen molar-refractivity contribution in [2.45, 2.75) is 45.8 Å². The lowest BCUT2D eigenvalue weighted by Gasteiger charge is -2.44. The number of rotatable bonds is 0. The predicted octanol–water partition coefficient (Wildman–Crippen LogP) is 2.17. The number of hydrogen-bond acceptors (Lipinski definition) is 3. The van der Waals surface area contributed by atoms with Gasteiger partial charge in [-0.05, 0) is 24.2 Å². The molecule has 0 saturated carbocycles. The lowest BCUT2D eigenvalue weighted by atomic mass is 9.80. The van der Waals surface area contributed by atoms with Crippen LogP contribution in [0.15, 0.2) is 0 Å². The second-order valence-corrected chi connectivity index (χ2v) is 6.22. The van der Waals surface area contributed by atoms with E-state index in [1.807, 2.05) is 0 Å². The van der Waals surface area contributed by atoms with Crippen LogP contribution in [0.3, 0.4) is 0 Å². The van der Waals surface area contributed by atoms with Gasteiger partial charge in [0.05, 0.1) is 13.2 Å². The van der Waals surface area contributed by atoms with Crippen molar-refractivity contribution in [1.82, 2.24) is 5.32 Å². The summed E-state index contributed by atoms with van der Waals surface area (Å²) >= 11 is 0. The Morgan fingerprint density at radius 3 is 2.62 bits per heavy atom. The minimum atomic E-state index is -0.0851. The summed E-state index contributed by atoms with van der Waals surface area (Å²) in [4.78, 5) is 0. The van der Waals surface area contributed by atoms with Gasteiger partial charge in [0.15, 0.2) is 0 Å². The third-order valence-corrected chi connectivity index (χ3v) is 3.98. The van der Waals surface area contributed by atoms with Gasteiger partial charge in [0, 0.05) is 19.6 Å². The van der Waals surface area contributed by atoms with Crippen molar-refractivity contribution in [2.75, 3.05) is 26.4 Å². The molecular weight excluding hydrogens is 202 g/mol. The summed E-state index contributed by atoms with van der Waals surface area (Å²) in [6.07, 6.45) is 3.18. The highest BCUT2D eigenvalue weighted by Crippen LogP contribution is 2.33. The molecule has 2 saturated heterocycles. The van der Waals surface area contributed by atoms with E-state index in [0.717, 1.165) is 45.6 Å². The van der Waals surface area contributed by atoms with E-state index in [9.17, 15) is 0 Å². The normalized spacial score (nSPS) is 37.3. The van der Waals surface area contributed by atoms with E-state index in [0.29, 0.717) is 11.3 Å². The molecule has 0 radical (unpaired) electrons. The maximum absolute atomic E-state index is 6.13. The Kier molecular flexibility index (Phi) is 3.57. The number of ether oxygens (including phenoxy) is 2. The molecule has 2 rings (SSSR count). The number of nitrogens with one attached hydrogen (secondary N) is 1. The molecule has 2 unspecified atom stereocenters. The minimum Gasteiger partial charge on any atom is -0.381 e. The summed E-state index contributed by atoms with van der Waals surface area (Å²) in [5.74, 6) is 0.613. The minimum absolute atomic E-state index is 0.0851. The molecule has 2 fully saturated rings. The molecule has 0 bridgehead atoms. The largest absolute Gasteiger partial charge is 0.381 e. The van der Waals surface area contributed by atoms with E-state index >= 15 is 0 Å². The Balaban J connectivity index is 1.92. The average Bonchev–Trinajstić information content (AvgIpc) is 2.43. The van der Waals surface area contributed by atoms with Gasteiger partial charge in [-0.1, -0.05) is 20.8 Å². The fraction of sp³-hybridized carbons (Fsp3) is 1.00. The molecule has 0 aromatic heterocycles. The van der Waals surface area contributed by atoms with Crippen molar-refractivity contribution < 1.29 is 9.47 Å². The van der Waals surface area contributed by atoms with Crippen molar-refractivity contribution in [1.29, 1.82) is 0 Å². The predicted molar refractivity (Wildman–Crippen MR) is 64.3 cm³/mol. The van der Waals surface area contributed by atoms with Gasteiger partial charge in [-0.2, -0.15) is 0 Å². The molecule has 16 heavy (non-hydrogen) atoms. The Labute approximate surface area is 98.9 Å². The first-order chi connectivity index (χ1) is 7.52. The fourth-order valence-corrected chi connectivity index (χ4v) is 2.48. The molecule has 1 N–H and O–H groups in total. The third-order valence-electron chi connectivity index (χ3n) is 3.98. The Morgan fingerprint density at radius 2 is 2.00 bits per heavy atom. The van der Waals surface area contributed by atoms with E-state index in [-0.39, 0.29) is 5.72 Å². The molecule has 3 heteroatoms. The van der Waals surface area contributed by atoms with Crippen LogP contribution in [0.4, 0.5) is 0 Å². The molecule has 94 valence electrons. The topological polar surface area (TPSA) is 30.5 Å². The van der Waals surface area contributed by atoms with Gasteiger partial charge in [-0.25, -0.2) is 0 Å². The van der Waals surface area contributed by atoms with Gasteiger partial charge in [0.2, 0.25) is 0 Å². The van der Waals surface area contributed by atoms with Gasteiger partial charge in [-0.3, -0.25) is 5.32 Å². The quantitative estimate of drug-likeness (QED) is 0.688. The summed E-state index contributed by atoms with van der Waals surface area (Å²) in [6, 6.07) is 0. The monoisotopic (exact) mass is 227 g/mol. The average molecular weight is 227 g/mol. The van der Waals surface area contributed by atoms with Crippen molar-refractivity contribution in [3.05, 3.63) is 0 Å². The molecule has 2 aliphatic heterocycles. The zero-order valence-electron chi connectivity index (χ0n) is 10.8. The van der Waals surface area contributed by atoms with Crippen molar-refractivity contribution in [3.8, 4) is 0 Å². The maximum Gasteiger partial charge on any atom is 0.121 e. The van der Waals surface area contributed by atoms with Gasteiger partial charge >= 0.3 is 0 Å². The molecule has 0 aliphatic carbocycles. The summed E-state index contributed by atoms with van der Waals surface area (Å²) in [5, 5.41) is 3.63. The van der Waals surface area contributed by atoms with E-state index in [2.05, 4.69) is 26.1 Å². The van der Waals surface area contributed by atoms with Crippen LogP contribution in [-0.4, -0.2) is 32.1 Å². The first-order valence-electron chi connectivity index (χ1n) is 6.49. The van der Waals surface area contributed by atoms with E-state index in [1.165, 1.54) is 0 Å². The van der Waals surface area contributed by atoms with Gasteiger partial charge in [-0.15, -0.1) is 0 Å². The van der Waals surface area contributed by atoms with Crippen molar-refractivity contribution in [2.24, 2.45) is 11.3 Å². The van der Waals surface area contributed by atoms with Crippen LogP contribution in [0, 0.1) is 11.3 Å². The highest BCUT2D eigenvalue weighted by Gasteiger charge is 2.39. The molecular formula is C13H25NO2. The highest BCUT2D eigenvalue weighted by atomic mass is 16.5. The Hall–Kier alpha value is -0.120. The van der Waals surface area contributed by atoms with Crippen LogP contribution < -0.4 is 5.32 Å². The van der Waals surface area contributed by atoms with Crippen LogP contribution >= 0.6 is 0 Å². The summed E-state index contributed by atoms with van der Waals surface area (Å²) < 4.78 is 11.6. The van der Waals surface area contributed by atoms with Crippen LogP contribution in [0.5, 0.6) is 0 Å². The smallest absolute Gasteiger partial charge is 0.121 e. The second kappa shape index (κ2) is 4.63. The first kappa shape index (κ1) is 12.3. The van der Waals surface area contributed by atoms with E-state index in [1.54, 1.807) is 0 Å². The molecule has 0 amide bonds. The molecule has 1 spiro atoms. The van der Waals surface area contributed by atoms with Crippen LogP contribution in [0.2, 0.25) is 0 Å². The highest BCUT2D eigenvalue weighted by molar-refractivity contribution is 4.88. The molecule has 2 atom stereocenters. The van der Waals surface area contributed by atoms with E-state index in [4.69, 9.17) is 9.47 Å². The maximum atomic E-state index is 6.13. The zero-order chi connectivity index (χ0) is 11.6. The summed E-state index contributed by atoms with van der Waals surface area (Å²) in [6.45, 7) is 10.5. The second-order valence-electron chi connectivity index (χ2n) is 6.22. The van der Waals surface area contributed by atoms with Crippen LogP contribution in [0.25, 0.3) is 0 Å². The van der Waals surface area contributed by atoms with Crippen LogP contribution in [-0.2, 0) is 9.47 Å². The van der Waals surface area contributed by atoms with E-state index < -0.39 is 0 Å². The standard InChI is InChI=1S/C13H25NO2/c1-12(2,3)11-9-14-13(16-10-11)5-4-7-15-8-6-13/h11,14H,4-10H2,1-3H3. The van der Waals surface area contributed by atoms with Crippen molar-refractivity contribution in [3.63, 3.8) is 0 Å². The molecule has 0 aromatic rings. The van der Waals surface area contributed by atoms with Gasteiger partial charge in [0.1, 0.15) is 5.72 Å². The lowest BCUT2D eigenvalue weighted by molar-refractivity contribution is -0.140. The van der Waals surface area contributed by atoms with Gasteiger partial charge < -0.3 is 9.47 Å². The molecule has 2 aliphatic rings. The lowest BCUT2D eigenvalue weighted by Crippen LogP contribution is -2.57.